The molecular formula is C18H31F3N6S. The maximum absolute atomic E-state index is 12.6. The Kier molecular flexibility index (Phi) is 8.51. The number of likely N-dealkylation sites (N-methyl/N-ethyl adjacent to an activating group) is 1. The summed E-state index contributed by atoms with van der Waals surface area (Å²) >= 11 is 1.03. The lowest BCUT2D eigenvalue weighted by atomic mass is 10.0. The molecule has 2 N–H and O–H groups in total. The van der Waals surface area contributed by atoms with E-state index in [0.717, 1.165) is 49.4 Å². The van der Waals surface area contributed by atoms with Crippen LogP contribution in [0.5, 0.6) is 0 Å². The lowest BCUT2D eigenvalue weighted by Crippen LogP contribution is -2.55. The molecule has 0 bridgehead atoms. The molecule has 1 atom stereocenters. The van der Waals surface area contributed by atoms with Crippen LogP contribution in [0.25, 0.3) is 0 Å². The first kappa shape index (κ1) is 22.9. The molecule has 1 unspecified atom stereocenters. The molecule has 0 saturated carbocycles. The van der Waals surface area contributed by atoms with Crippen molar-refractivity contribution in [1.29, 1.82) is 0 Å². The Morgan fingerprint density at radius 1 is 1.25 bits per heavy atom. The molecule has 0 spiro atoms. The van der Waals surface area contributed by atoms with Crippen molar-refractivity contribution in [3.8, 4) is 0 Å². The second-order valence-electron chi connectivity index (χ2n) is 7.40. The number of piperazine rings is 1. The van der Waals surface area contributed by atoms with Crippen LogP contribution in [-0.2, 0) is 12.6 Å². The van der Waals surface area contributed by atoms with Gasteiger partial charge in [-0.3, -0.25) is 9.89 Å². The summed E-state index contributed by atoms with van der Waals surface area (Å²) < 4.78 is 37.8. The van der Waals surface area contributed by atoms with E-state index in [1.807, 2.05) is 0 Å². The molecule has 0 aliphatic carbocycles. The van der Waals surface area contributed by atoms with E-state index in [-0.39, 0.29) is 0 Å². The SMILES string of the molecule is CN=C(NCCc1nc(C(F)(F)F)cs1)NCC(C(C)C)N1CCN(C)CC1. The third kappa shape index (κ3) is 6.89. The van der Waals surface area contributed by atoms with E-state index in [9.17, 15) is 13.2 Å². The molecule has 6 nitrogen and oxygen atoms in total. The molecule has 0 aromatic carbocycles. The number of aromatic nitrogens is 1. The highest BCUT2D eigenvalue weighted by molar-refractivity contribution is 7.09. The van der Waals surface area contributed by atoms with Crippen molar-refractivity contribution in [2.75, 3.05) is 53.4 Å². The van der Waals surface area contributed by atoms with E-state index < -0.39 is 11.9 Å². The zero-order chi connectivity index (χ0) is 20.7. The zero-order valence-electron chi connectivity index (χ0n) is 17.0. The van der Waals surface area contributed by atoms with Crippen LogP contribution in [0.3, 0.4) is 0 Å². The predicted octanol–water partition coefficient (Wildman–Crippen LogP) is 2.14. The Hall–Kier alpha value is -1.39. The lowest BCUT2D eigenvalue weighted by molar-refractivity contribution is -0.140. The third-order valence-corrected chi connectivity index (χ3v) is 5.86. The molecule has 1 aliphatic rings. The van der Waals surface area contributed by atoms with Crippen molar-refractivity contribution in [2.24, 2.45) is 10.9 Å². The highest BCUT2D eigenvalue weighted by atomic mass is 32.1. The Morgan fingerprint density at radius 2 is 1.93 bits per heavy atom. The van der Waals surface area contributed by atoms with Crippen LogP contribution >= 0.6 is 11.3 Å². The van der Waals surface area contributed by atoms with E-state index in [4.69, 9.17) is 0 Å². The van der Waals surface area contributed by atoms with Crippen LogP contribution in [0, 0.1) is 5.92 Å². The number of aliphatic imine (C=N–C) groups is 1. The summed E-state index contributed by atoms with van der Waals surface area (Å²) in [4.78, 5) is 12.7. The first-order valence-corrected chi connectivity index (χ1v) is 10.5. The summed E-state index contributed by atoms with van der Waals surface area (Å²) in [5, 5.41) is 8.06. The zero-order valence-corrected chi connectivity index (χ0v) is 17.8. The molecule has 160 valence electrons. The normalized spacial score (nSPS) is 18.5. The van der Waals surface area contributed by atoms with Gasteiger partial charge in [-0.1, -0.05) is 13.8 Å². The van der Waals surface area contributed by atoms with Gasteiger partial charge < -0.3 is 15.5 Å². The van der Waals surface area contributed by atoms with Gasteiger partial charge in [-0.25, -0.2) is 4.98 Å². The number of thiazole rings is 1. The fourth-order valence-corrected chi connectivity index (χ4v) is 4.01. The molecule has 28 heavy (non-hydrogen) atoms. The second-order valence-corrected chi connectivity index (χ2v) is 8.35. The first-order valence-electron chi connectivity index (χ1n) is 9.59. The molecule has 1 aliphatic heterocycles. The standard InChI is InChI=1S/C18H31F3N6S/c1-13(2)14(27-9-7-26(4)8-10-27)11-24-17(22-3)23-6-5-16-25-15(12-28-16)18(19,20)21/h12-14H,5-11H2,1-4H3,(H2,22,23,24). The van der Waals surface area contributed by atoms with Gasteiger partial charge in [0.15, 0.2) is 11.7 Å². The van der Waals surface area contributed by atoms with Gasteiger partial charge in [-0.2, -0.15) is 13.2 Å². The van der Waals surface area contributed by atoms with Gasteiger partial charge >= 0.3 is 6.18 Å². The third-order valence-electron chi connectivity index (χ3n) is 4.95. The minimum atomic E-state index is -4.38. The van der Waals surface area contributed by atoms with Gasteiger partial charge in [0.25, 0.3) is 0 Å². The Bertz CT molecular complexity index is 623. The fraction of sp³-hybridized carbons (Fsp3) is 0.778. The van der Waals surface area contributed by atoms with Crippen LogP contribution < -0.4 is 10.6 Å². The van der Waals surface area contributed by atoms with Gasteiger partial charge in [0.2, 0.25) is 0 Å². The van der Waals surface area contributed by atoms with Crippen molar-refractivity contribution in [3.05, 3.63) is 16.1 Å². The number of nitrogens with one attached hydrogen (secondary N) is 2. The van der Waals surface area contributed by atoms with Gasteiger partial charge in [-0.15, -0.1) is 11.3 Å². The minimum Gasteiger partial charge on any atom is -0.356 e. The molecule has 1 fully saturated rings. The van der Waals surface area contributed by atoms with E-state index in [1.165, 1.54) is 0 Å². The number of nitrogens with zero attached hydrogens (tertiary/aromatic N) is 4. The van der Waals surface area contributed by atoms with E-state index >= 15 is 0 Å². The highest BCUT2D eigenvalue weighted by Gasteiger charge is 2.33. The van der Waals surface area contributed by atoms with Gasteiger partial charge in [0, 0.05) is 64.2 Å². The van der Waals surface area contributed by atoms with Crippen LogP contribution in [0.4, 0.5) is 13.2 Å². The average molecular weight is 421 g/mol. The molecule has 1 aromatic rings. The monoisotopic (exact) mass is 420 g/mol. The van der Waals surface area contributed by atoms with Gasteiger partial charge in [0.05, 0.1) is 5.01 Å². The van der Waals surface area contributed by atoms with Crippen molar-refractivity contribution in [2.45, 2.75) is 32.5 Å². The molecule has 10 heteroatoms. The molecule has 2 rings (SSSR count). The van der Waals surface area contributed by atoms with Crippen molar-refractivity contribution >= 4 is 17.3 Å². The quantitative estimate of drug-likeness (QED) is 0.523. The van der Waals surface area contributed by atoms with Gasteiger partial charge in [-0.05, 0) is 13.0 Å². The average Bonchev–Trinajstić information content (AvgIpc) is 3.11. The lowest BCUT2D eigenvalue weighted by Gasteiger charge is -2.40. The summed E-state index contributed by atoms with van der Waals surface area (Å²) in [5.74, 6) is 1.16. The van der Waals surface area contributed by atoms with Gasteiger partial charge in [0.1, 0.15) is 0 Å². The first-order chi connectivity index (χ1) is 13.2. The van der Waals surface area contributed by atoms with Crippen LogP contribution in [0.15, 0.2) is 10.4 Å². The summed E-state index contributed by atoms with van der Waals surface area (Å²) in [5.41, 5.74) is -0.818. The largest absolute Gasteiger partial charge is 0.434 e. The van der Waals surface area contributed by atoms with E-state index in [2.05, 4.69) is 51.3 Å². The topological polar surface area (TPSA) is 55.8 Å². The maximum atomic E-state index is 12.6. The molecule has 2 heterocycles. The van der Waals surface area contributed by atoms with Crippen molar-refractivity contribution < 1.29 is 13.2 Å². The molecule has 1 aromatic heterocycles. The summed E-state index contributed by atoms with van der Waals surface area (Å²) in [6.45, 7) is 9.95. The van der Waals surface area contributed by atoms with Crippen molar-refractivity contribution in [3.63, 3.8) is 0 Å². The Balaban J connectivity index is 1.79. The highest BCUT2D eigenvalue weighted by Crippen LogP contribution is 2.30. The molecule has 1 saturated heterocycles. The second kappa shape index (κ2) is 10.4. The maximum Gasteiger partial charge on any atom is 0.434 e. The fourth-order valence-electron chi connectivity index (χ4n) is 3.21. The Morgan fingerprint density at radius 3 is 2.46 bits per heavy atom. The number of rotatable bonds is 7. The number of hydrogen-bond donors (Lipinski definition) is 2. The number of hydrogen-bond acceptors (Lipinski definition) is 5. The predicted molar refractivity (Wildman–Crippen MR) is 108 cm³/mol. The van der Waals surface area contributed by atoms with E-state index in [1.54, 1.807) is 7.05 Å². The number of guanidine groups is 1. The summed E-state index contributed by atoms with van der Waals surface area (Å²) in [7, 11) is 3.84. The minimum absolute atomic E-state index is 0.403. The number of halogens is 3. The molecule has 0 amide bonds. The van der Waals surface area contributed by atoms with Crippen LogP contribution in [0.1, 0.15) is 24.5 Å². The smallest absolute Gasteiger partial charge is 0.356 e. The Labute approximate surface area is 169 Å². The molecular weight excluding hydrogens is 389 g/mol. The molecule has 0 radical (unpaired) electrons. The van der Waals surface area contributed by atoms with Crippen LogP contribution in [-0.4, -0.2) is 80.1 Å². The van der Waals surface area contributed by atoms with E-state index in [0.29, 0.717) is 35.9 Å². The summed E-state index contributed by atoms with van der Waals surface area (Å²) in [6.07, 6.45) is -3.96. The van der Waals surface area contributed by atoms with Crippen molar-refractivity contribution in [1.82, 2.24) is 25.4 Å². The van der Waals surface area contributed by atoms with Crippen LogP contribution in [0.2, 0.25) is 0 Å². The summed E-state index contributed by atoms with van der Waals surface area (Å²) in [6, 6.07) is 0.403. The number of alkyl halides is 3.